The zero-order valence-electron chi connectivity index (χ0n) is 18.5. The number of carbonyl (C=O) groups is 1. The lowest BCUT2D eigenvalue weighted by Crippen LogP contribution is -2.31. The third kappa shape index (κ3) is 4.26. The molecule has 1 saturated carbocycles. The van der Waals surface area contributed by atoms with E-state index in [1.807, 2.05) is 6.07 Å². The number of hydrogen-bond donors (Lipinski definition) is 2. The molecule has 0 atom stereocenters. The minimum Gasteiger partial charge on any atom is -0.342 e. The molecule has 0 saturated heterocycles. The van der Waals surface area contributed by atoms with Crippen LogP contribution in [0.5, 0.6) is 0 Å². The van der Waals surface area contributed by atoms with Crippen molar-refractivity contribution in [2.24, 2.45) is 0 Å². The summed E-state index contributed by atoms with van der Waals surface area (Å²) in [5.74, 6) is -0.551. The zero-order valence-corrected chi connectivity index (χ0v) is 18.5. The van der Waals surface area contributed by atoms with Crippen LogP contribution in [0, 0.1) is 5.82 Å². The van der Waals surface area contributed by atoms with Crippen LogP contribution in [0.1, 0.15) is 41.4 Å². The summed E-state index contributed by atoms with van der Waals surface area (Å²) in [7, 11) is 1.69. The van der Waals surface area contributed by atoms with Crippen LogP contribution in [0.2, 0.25) is 0 Å². The molecule has 3 aromatic heterocycles. The molecule has 0 unspecified atom stereocenters. The molecule has 1 amide bonds. The molecule has 1 fully saturated rings. The van der Waals surface area contributed by atoms with E-state index in [0.29, 0.717) is 30.6 Å². The molecule has 0 radical (unpaired) electrons. The van der Waals surface area contributed by atoms with Gasteiger partial charge in [-0.25, -0.2) is 14.2 Å². The highest BCUT2D eigenvalue weighted by Crippen LogP contribution is 2.34. The number of amides is 1. The van der Waals surface area contributed by atoms with E-state index >= 15 is 0 Å². The fourth-order valence-corrected chi connectivity index (χ4v) is 4.01. The number of pyridine rings is 1. The summed E-state index contributed by atoms with van der Waals surface area (Å²) in [6.45, 7) is 0.486. The Morgan fingerprint density at radius 3 is 2.71 bits per heavy atom. The first-order chi connectivity index (χ1) is 16.4. The molecule has 5 rings (SSSR count). The van der Waals surface area contributed by atoms with E-state index in [2.05, 4.69) is 20.2 Å². The number of aromatic nitrogens is 5. The number of hydrogen-bond acceptors (Lipinski definition) is 5. The van der Waals surface area contributed by atoms with Gasteiger partial charge in [-0.1, -0.05) is 0 Å². The number of halogens is 1. The van der Waals surface area contributed by atoms with Crippen LogP contribution in [0.4, 0.5) is 4.39 Å². The second kappa shape index (κ2) is 8.69. The topological polar surface area (TPSA) is 117 Å². The van der Waals surface area contributed by atoms with Gasteiger partial charge in [0, 0.05) is 37.1 Å². The van der Waals surface area contributed by atoms with Crippen molar-refractivity contribution in [3.8, 4) is 11.3 Å². The Morgan fingerprint density at radius 2 is 1.97 bits per heavy atom. The molecule has 4 aromatic rings. The van der Waals surface area contributed by atoms with Crippen LogP contribution in [0.15, 0.2) is 52.2 Å². The first-order valence-corrected chi connectivity index (χ1v) is 11.1. The molecule has 10 heteroatoms. The molecule has 34 heavy (non-hydrogen) atoms. The number of benzene rings is 1. The summed E-state index contributed by atoms with van der Waals surface area (Å²) in [5, 5.41) is 7.48. The lowest BCUT2D eigenvalue weighted by atomic mass is 10.1. The molecule has 9 nitrogen and oxygen atoms in total. The summed E-state index contributed by atoms with van der Waals surface area (Å²) in [6, 6.07) is 9.60. The van der Waals surface area contributed by atoms with Crippen molar-refractivity contribution >= 4 is 16.9 Å². The van der Waals surface area contributed by atoms with Crippen LogP contribution in [0.3, 0.4) is 0 Å². The third-order valence-electron chi connectivity index (χ3n) is 5.99. The summed E-state index contributed by atoms with van der Waals surface area (Å²) in [5.41, 5.74) is 2.06. The first kappa shape index (κ1) is 21.7. The van der Waals surface area contributed by atoms with Gasteiger partial charge in [0.1, 0.15) is 11.5 Å². The molecule has 0 aliphatic heterocycles. The summed E-state index contributed by atoms with van der Waals surface area (Å²) < 4.78 is 14.6. The number of fused-ring (bicyclic) bond motifs is 1. The Labute approximate surface area is 193 Å². The number of nitrogens with one attached hydrogen (secondary N) is 2. The van der Waals surface area contributed by atoms with Gasteiger partial charge in [0.25, 0.3) is 11.5 Å². The predicted octanol–water partition coefficient (Wildman–Crippen LogP) is 2.65. The SMILES string of the molecule is CN(CCCc1cc(-c2ccc(F)cc2)n[nH]1)C(=O)c1cnc2c(c1)c(=O)[nH]c(=O)n2C1CC1. The van der Waals surface area contributed by atoms with E-state index in [0.717, 1.165) is 29.8 Å². The van der Waals surface area contributed by atoms with E-state index in [9.17, 15) is 18.8 Å². The maximum Gasteiger partial charge on any atom is 0.330 e. The Bertz CT molecular complexity index is 1480. The van der Waals surface area contributed by atoms with Crippen molar-refractivity contribution in [1.29, 1.82) is 0 Å². The van der Waals surface area contributed by atoms with Crippen molar-refractivity contribution in [3.05, 3.63) is 80.5 Å². The van der Waals surface area contributed by atoms with Crippen LogP contribution in [-0.4, -0.2) is 49.1 Å². The number of aromatic amines is 2. The second-order valence-electron chi connectivity index (χ2n) is 8.57. The number of aryl methyl sites for hydroxylation is 1. The highest BCUT2D eigenvalue weighted by Gasteiger charge is 2.28. The third-order valence-corrected chi connectivity index (χ3v) is 5.99. The fourth-order valence-electron chi connectivity index (χ4n) is 4.01. The maximum absolute atomic E-state index is 13.1. The Hall–Kier alpha value is -4.08. The van der Waals surface area contributed by atoms with Gasteiger partial charge < -0.3 is 4.90 Å². The number of H-pyrrole nitrogens is 2. The van der Waals surface area contributed by atoms with Gasteiger partial charge >= 0.3 is 5.69 Å². The van der Waals surface area contributed by atoms with Crippen LogP contribution < -0.4 is 11.2 Å². The highest BCUT2D eigenvalue weighted by atomic mass is 19.1. The van der Waals surface area contributed by atoms with Gasteiger partial charge in [-0.15, -0.1) is 0 Å². The molecule has 1 aromatic carbocycles. The largest absolute Gasteiger partial charge is 0.342 e. The molecule has 174 valence electrons. The monoisotopic (exact) mass is 462 g/mol. The van der Waals surface area contributed by atoms with Crippen molar-refractivity contribution < 1.29 is 9.18 Å². The normalized spacial score (nSPS) is 13.4. The van der Waals surface area contributed by atoms with Crippen LogP contribution in [-0.2, 0) is 6.42 Å². The minimum absolute atomic E-state index is 0.0506. The smallest absolute Gasteiger partial charge is 0.330 e. The molecular formula is C24H23FN6O3. The lowest BCUT2D eigenvalue weighted by molar-refractivity contribution is 0.0793. The number of carbonyl (C=O) groups excluding carboxylic acids is 1. The Balaban J connectivity index is 1.24. The van der Waals surface area contributed by atoms with E-state index < -0.39 is 11.2 Å². The number of rotatable bonds is 7. The lowest BCUT2D eigenvalue weighted by Gasteiger charge is -2.17. The van der Waals surface area contributed by atoms with Crippen molar-refractivity contribution in [1.82, 2.24) is 29.6 Å². The van der Waals surface area contributed by atoms with Gasteiger partial charge in [0.2, 0.25) is 0 Å². The molecule has 2 N–H and O–H groups in total. The van der Waals surface area contributed by atoms with E-state index in [-0.39, 0.29) is 23.2 Å². The molecule has 1 aliphatic rings. The second-order valence-corrected chi connectivity index (χ2v) is 8.57. The molecule has 3 heterocycles. The summed E-state index contributed by atoms with van der Waals surface area (Å²) in [4.78, 5) is 45.6. The molecule has 0 bridgehead atoms. The average Bonchev–Trinajstić information content (AvgIpc) is 3.55. The van der Waals surface area contributed by atoms with Gasteiger partial charge in [-0.3, -0.25) is 24.2 Å². The summed E-state index contributed by atoms with van der Waals surface area (Å²) in [6.07, 6.45) is 4.52. The van der Waals surface area contributed by atoms with E-state index in [1.54, 1.807) is 24.1 Å². The molecule has 1 aliphatic carbocycles. The van der Waals surface area contributed by atoms with Crippen LogP contribution in [0.25, 0.3) is 22.3 Å². The predicted molar refractivity (Wildman–Crippen MR) is 124 cm³/mol. The first-order valence-electron chi connectivity index (χ1n) is 11.1. The Morgan fingerprint density at radius 1 is 1.21 bits per heavy atom. The van der Waals surface area contributed by atoms with Gasteiger partial charge in [-0.05, 0) is 62.1 Å². The quantitative estimate of drug-likeness (QED) is 0.438. The van der Waals surface area contributed by atoms with Crippen LogP contribution >= 0.6 is 0 Å². The highest BCUT2D eigenvalue weighted by molar-refractivity contribution is 5.96. The average molecular weight is 462 g/mol. The van der Waals surface area contributed by atoms with Gasteiger partial charge in [-0.2, -0.15) is 5.10 Å². The molecule has 0 spiro atoms. The van der Waals surface area contributed by atoms with Gasteiger partial charge in [0.05, 0.1) is 16.6 Å². The van der Waals surface area contributed by atoms with Crippen molar-refractivity contribution in [2.75, 3.05) is 13.6 Å². The molecular weight excluding hydrogens is 439 g/mol. The summed E-state index contributed by atoms with van der Waals surface area (Å²) >= 11 is 0. The zero-order chi connectivity index (χ0) is 23.8. The van der Waals surface area contributed by atoms with E-state index in [1.165, 1.54) is 29.0 Å². The van der Waals surface area contributed by atoms with Crippen molar-refractivity contribution in [2.45, 2.75) is 31.7 Å². The maximum atomic E-state index is 13.1. The van der Waals surface area contributed by atoms with Crippen molar-refractivity contribution in [3.63, 3.8) is 0 Å². The Kier molecular flexibility index (Phi) is 5.56. The van der Waals surface area contributed by atoms with Gasteiger partial charge in [0.15, 0.2) is 0 Å². The fraction of sp³-hybridized carbons (Fsp3) is 0.292. The van der Waals surface area contributed by atoms with E-state index in [4.69, 9.17) is 0 Å². The standard InChI is InChI=1S/C24H23FN6O3/c1-30(10-2-3-17-12-20(29-28-17)14-4-6-16(25)7-5-14)23(33)15-11-19-21(26-13-15)31(18-8-9-18)24(34)27-22(19)32/h4-7,11-13,18H,2-3,8-10H2,1H3,(H,28,29)(H,27,32,34). The minimum atomic E-state index is -0.544. The number of nitrogens with zero attached hydrogens (tertiary/aromatic N) is 4.